The molecule has 7 heteroatoms. The summed E-state index contributed by atoms with van der Waals surface area (Å²) in [7, 11) is -4.05. The molecule has 0 spiro atoms. The quantitative estimate of drug-likeness (QED) is 0.678. The van der Waals surface area contributed by atoms with Crippen LogP contribution in [0.3, 0.4) is 0 Å². The zero-order valence-electron chi connectivity index (χ0n) is 11.7. The molecule has 0 saturated heterocycles. The van der Waals surface area contributed by atoms with Gasteiger partial charge in [-0.25, -0.2) is 4.18 Å². The van der Waals surface area contributed by atoms with Crippen LogP contribution < -0.4 is 0 Å². The van der Waals surface area contributed by atoms with E-state index in [1.54, 1.807) is 20.8 Å². The van der Waals surface area contributed by atoms with Crippen molar-refractivity contribution in [2.75, 3.05) is 6.26 Å². The van der Waals surface area contributed by atoms with Crippen molar-refractivity contribution in [2.24, 2.45) is 5.41 Å². The summed E-state index contributed by atoms with van der Waals surface area (Å²) >= 11 is 5.74. The number of Topliss-reactive ketones (excluding diaryl/α,β-unsaturated/α-hetero) is 1. The summed E-state index contributed by atoms with van der Waals surface area (Å²) in [5.41, 5.74) is -0.994. The van der Waals surface area contributed by atoms with E-state index in [1.165, 1.54) is 24.3 Å². The van der Waals surface area contributed by atoms with E-state index < -0.39 is 27.1 Å². The fourth-order valence-corrected chi connectivity index (χ4v) is 2.36. The average molecular weight is 321 g/mol. The first-order valence-electron chi connectivity index (χ1n) is 5.80. The van der Waals surface area contributed by atoms with Crippen molar-refractivity contribution < 1.29 is 22.5 Å². The van der Waals surface area contributed by atoms with Crippen LogP contribution in [0.15, 0.2) is 24.3 Å². The Morgan fingerprint density at radius 3 is 2.00 bits per heavy atom. The SMILES string of the molecule is CC(C)(C)C(=O)C(O)(OS(C)(=O)=O)c1ccc(Cl)cc1. The molecular weight excluding hydrogens is 304 g/mol. The van der Waals surface area contributed by atoms with Crippen molar-refractivity contribution in [1.29, 1.82) is 0 Å². The molecule has 0 aromatic heterocycles. The van der Waals surface area contributed by atoms with Crippen molar-refractivity contribution in [2.45, 2.75) is 26.6 Å². The number of rotatable bonds is 4. The van der Waals surface area contributed by atoms with Gasteiger partial charge in [-0.3, -0.25) is 4.79 Å². The highest BCUT2D eigenvalue weighted by atomic mass is 35.5. The third-order valence-corrected chi connectivity index (χ3v) is 3.29. The van der Waals surface area contributed by atoms with E-state index in [1.807, 2.05) is 0 Å². The Morgan fingerprint density at radius 2 is 1.65 bits per heavy atom. The van der Waals surface area contributed by atoms with E-state index in [0.29, 0.717) is 5.02 Å². The van der Waals surface area contributed by atoms with Crippen LogP contribution >= 0.6 is 11.6 Å². The lowest BCUT2D eigenvalue weighted by Crippen LogP contribution is -2.46. The first-order chi connectivity index (χ1) is 8.86. The third kappa shape index (κ3) is 4.02. The van der Waals surface area contributed by atoms with E-state index in [2.05, 4.69) is 4.18 Å². The normalized spacial score (nSPS) is 15.7. The van der Waals surface area contributed by atoms with E-state index in [4.69, 9.17) is 11.6 Å². The Kier molecular flexibility index (Phi) is 4.65. The summed E-state index contributed by atoms with van der Waals surface area (Å²) in [4.78, 5) is 12.4. The molecule has 0 saturated carbocycles. The molecule has 0 aliphatic carbocycles. The molecule has 0 amide bonds. The van der Waals surface area contributed by atoms with Crippen LogP contribution in [0.5, 0.6) is 0 Å². The number of halogens is 1. The number of ketones is 1. The molecule has 0 aliphatic heterocycles. The maximum Gasteiger partial charge on any atom is 0.270 e. The number of benzene rings is 1. The smallest absolute Gasteiger partial charge is 0.270 e. The standard InChI is InChI=1S/C13H17ClO5S/c1-12(2,3)11(15)13(16,19-20(4,17)18)9-5-7-10(14)8-6-9/h5-8,16H,1-4H3. The Morgan fingerprint density at radius 1 is 1.20 bits per heavy atom. The van der Waals surface area contributed by atoms with Gasteiger partial charge in [-0.15, -0.1) is 0 Å². The van der Waals surface area contributed by atoms with Crippen molar-refractivity contribution >= 4 is 27.5 Å². The van der Waals surface area contributed by atoms with E-state index in [9.17, 15) is 18.3 Å². The van der Waals surface area contributed by atoms with Gasteiger partial charge in [-0.2, -0.15) is 8.42 Å². The summed E-state index contributed by atoms with van der Waals surface area (Å²) in [6.07, 6.45) is 0.768. The molecule has 0 fully saturated rings. The van der Waals surface area contributed by atoms with Gasteiger partial charge in [0.2, 0.25) is 5.78 Å². The Hall–Kier alpha value is -0.950. The highest BCUT2D eigenvalue weighted by molar-refractivity contribution is 7.86. The first-order valence-corrected chi connectivity index (χ1v) is 7.99. The molecule has 1 N–H and O–H groups in total. The van der Waals surface area contributed by atoms with Gasteiger partial charge in [0, 0.05) is 16.0 Å². The molecule has 0 radical (unpaired) electrons. The number of aliphatic hydroxyl groups is 1. The molecular formula is C13H17ClO5S. The van der Waals surface area contributed by atoms with Gasteiger partial charge in [-0.05, 0) is 12.1 Å². The van der Waals surface area contributed by atoms with Crippen molar-refractivity contribution in [3.63, 3.8) is 0 Å². The fraction of sp³-hybridized carbons (Fsp3) is 0.462. The summed E-state index contributed by atoms with van der Waals surface area (Å²) in [6, 6.07) is 5.56. The van der Waals surface area contributed by atoms with Crippen molar-refractivity contribution in [3.8, 4) is 0 Å². The van der Waals surface area contributed by atoms with Crippen LogP contribution in [0.4, 0.5) is 0 Å². The summed E-state index contributed by atoms with van der Waals surface area (Å²) < 4.78 is 27.4. The number of hydrogen-bond donors (Lipinski definition) is 1. The van der Waals surface area contributed by atoms with E-state index >= 15 is 0 Å². The van der Waals surface area contributed by atoms with E-state index in [-0.39, 0.29) is 5.56 Å². The molecule has 0 heterocycles. The highest BCUT2D eigenvalue weighted by Crippen LogP contribution is 2.34. The minimum absolute atomic E-state index is 0.00671. The zero-order chi connectivity index (χ0) is 15.8. The summed E-state index contributed by atoms with van der Waals surface area (Å²) in [5, 5.41) is 10.9. The van der Waals surface area contributed by atoms with Crippen LogP contribution in [0.2, 0.25) is 5.02 Å². The molecule has 112 valence electrons. The molecule has 1 aromatic rings. The Labute approximate surface area is 123 Å². The van der Waals surface area contributed by atoms with Crippen LogP contribution in [0.1, 0.15) is 26.3 Å². The Balaban J connectivity index is 3.42. The van der Waals surface area contributed by atoms with Gasteiger partial charge in [0.15, 0.2) is 0 Å². The fourth-order valence-electron chi connectivity index (χ4n) is 1.62. The van der Waals surface area contributed by atoms with Crippen LogP contribution in [0.25, 0.3) is 0 Å². The van der Waals surface area contributed by atoms with Gasteiger partial charge in [-0.1, -0.05) is 44.5 Å². The third-order valence-electron chi connectivity index (χ3n) is 2.50. The number of hydrogen-bond acceptors (Lipinski definition) is 5. The second-order valence-corrected chi connectivity index (χ2v) is 7.53. The van der Waals surface area contributed by atoms with Crippen molar-refractivity contribution in [3.05, 3.63) is 34.9 Å². The maximum atomic E-state index is 12.4. The topological polar surface area (TPSA) is 80.7 Å². The predicted octanol–water partition coefficient (Wildman–Crippen LogP) is 2.08. The second-order valence-electron chi connectivity index (χ2n) is 5.52. The lowest BCUT2D eigenvalue weighted by molar-refractivity contribution is -0.183. The van der Waals surface area contributed by atoms with Gasteiger partial charge in [0.05, 0.1) is 6.26 Å². The molecule has 20 heavy (non-hydrogen) atoms. The lowest BCUT2D eigenvalue weighted by atomic mass is 9.83. The minimum Gasteiger partial charge on any atom is -0.355 e. The molecule has 1 unspecified atom stereocenters. The largest absolute Gasteiger partial charge is 0.355 e. The molecule has 5 nitrogen and oxygen atoms in total. The van der Waals surface area contributed by atoms with Gasteiger partial charge >= 0.3 is 0 Å². The second kappa shape index (κ2) is 5.44. The lowest BCUT2D eigenvalue weighted by Gasteiger charge is -2.31. The minimum atomic E-state index is -4.05. The first kappa shape index (κ1) is 17.1. The summed E-state index contributed by atoms with van der Waals surface area (Å²) in [6.45, 7) is 4.67. The van der Waals surface area contributed by atoms with Crippen LogP contribution in [0, 0.1) is 5.41 Å². The molecule has 1 rings (SSSR count). The molecule has 0 aliphatic rings. The average Bonchev–Trinajstić information content (AvgIpc) is 2.25. The summed E-state index contributed by atoms with van der Waals surface area (Å²) in [5.74, 6) is -3.34. The Bertz CT molecular complexity index is 601. The number of carbonyl (C=O) groups is 1. The highest BCUT2D eigenvalue weighted by Gasteiger charge is 2.47. The molecule has 0 bridgehead atoms. The molecule has 1 atom stereocenters. The van der Waals surface area contributed by atoms with Crippen LogP contribution in [-0.2, 0) is 24.9 Å². The number of carbonyl (C=O) groups excluding carboxylic acids is 1. The predicted molar refractivity (Wildman–Crippen MR) is 75.7 cm³/mol. The van der Waals surface area contributed by atoms with Crippen molar-refractivity contribution in [1.82, 2.24) is 0 Å². The zero-order valence-corrected chi connectivity index (χ0v) is 13.2. The molecule has 1 aromatic carbocycles. The van der Waals surface area contributed by atoms with Crippen LogP contribution in [-0.4, -0.2) is 25.6 Å². The van der Waals surface area contributed by atoms with Gasteiger partial charge < -0.3 is 5.11 Å². The van der Waals surface area contributed by atoms with Gasteiger partial charge in [0.1, 0.15) is 0 Å². The monoisotopic (exact) mass is 320 g/mol. The van der Waals surface area contributed by atoms with Gasteiger partial charge in [0.25, 0.3) is 15.9 Å². The maximum absolute atomic E-state index is 12.4. The van der Waals surface area contributed by atoms with E-state index in [0.717, 1.165) is 6.26 Å².